The summed E-state index contributed by atoms with van der Waals surface area (Å²) >= 11 is 0. The van der Waals surface area contributed by atoms with E-state index in [4.69, 9.17) is 0 Å². The average molecular weight is 175 g/mol. The molecule has 0 saturated carbocycles. The first kappa shape index (κ1) is 8.23. The minimum atomic E-state index is 0.402. The van der Waals surface area contributed by atoms with Crippen LogP contribution in [0.4, 0.5) is 0 Å². The van der Waals surface area contributed by atoms with Crippen LogP contribution in [0.5, 0.6) is 0 Å². The highest BCUT2D eigenvalue weighted by atomic mass is 15.3. The maximum atomic E-state index is 4.31. The van der Waals surface area contributed by atoms with Crippen LogP contribution in [0, 0.1) is 6.92 Å². The first-order valence-electron chi connectivity index (χ1n) is 4.48. The number of hydrogen-bond donors (Lipinski definition) is 0. The summed E-state index contributed by atoms with van der Waals surface area (Å²) in [6.45, 7) is 6.25. The topological polar surface area (TPSA) is 30.7 Å². The van der Waals surface area contributed by atoms with Crippen LogP contribution in [0.25, 0.3) is 10.9 Å². The van der Waals surface area contributed by atoms with Gasteiger partial charge in [-0.05, 0) is 26.8 Å². The van der Waals surface area contributed by atoms with Crippen molar-refractivity contribution in [3.8, 4) is 0 Å². The van der Waals surface area contributed by atoms with E-state index in [0.717, 1.165) is 11.1 Å². The highest BCUT2D eigenvalue weighted by Crippen LogP contribution is 2.16. The zero-order chi connectivity index (χ0) is 9.42. The highest BCUT2D eigenvalue weighted by Gasteiger charge is 2.05. The van der Waals surface area contributed by atoms with Crippen molar-refractivity contribution in [2.45, 2.75) is 26.8 Å². The van der Waals surface area contributed by atoms with E-state index in [0.29, 0.717) is 6.04 Å². The fourth-order valence-corrected chi connectivity index (χ4v) is 1.45. The second-order valence-electron chi connectivity index (χ2n) is 3.57. The molecule has 0 bridgehead atoms. The van der Waals surface area contributed by atoms with Crippen LogP contribution < -0.4 is 0 Å². The van der Waals surface area contributed by atoms with Crippen molar-refractivity contribution in [2.75, 3.05) is 0 Å². The van der Waals surface area contributed by atoms with Crippen LogP contribution in [0.2, 0.25) is 0 Å². The molecular weight excluding hydrogens is 162 g/mol. The molecule has 13 heavy (non-hydrogen) atoms. The van der Waals surface area contributed by atoms with Gasteiger partial charge in [-0.1, -0.05) is 0 Å². The molecule has 0 unspecified atom stereocenters. The summed E-state index contributed by atoms with van der Waals surface area (Å²) in [5, 5.41) is 5.42. The van der Waals surface area contributed by atoms with Crippen molar-refractivity contribution >= 4 is 10.9 Å². The van der Waals surface area contributed by atoms with Crippen LogP contribution in [-0.2, 0) is 0 Å². The first-order valence-corrected chi connectivity index (χ1v) is 4.48. The maximum absolute atomic E-state index is 4.31. The molecule has 0 aromatic carbocycles. The van der Waals surface area contributed by atoms with Gasteiger partial charge in [0.05, 0.1) is 11.7 Å². The van der Waals surface area contributed by atoms with Crippen molar-refractivity contribution in [3.63, 3.8) is 0 Å². The molecule has 3 nitrogen and oxygen atoms in total. The molecule has 0 saturated heterocycles. The van der Waals surface area contributed by atoms with Crippen molar-refractivity contribution in [1.82, 2.24) is 14.8 Å². The lowest BCUT2D eigenvalue weighted by molar-refractivity contribution is 0.550. The summed E-state index contributed by atoms with van der Waals surface area (Å²) in [4.78, 5) is 4.23. The number of aromatic nitrogens is 3. The van der Waals surface area contributed by atoms with Gasteiger partial charge < -0.3 is 0 Å². The van der Waals surface area contributed by atoms with Gasteiger partial charge >= 0.3 is 0 Å². The van der Waals surface area contributed by atoms with Gasteiger partial charge in [0.2, 0.25) is 0 Å². The lowest BCUT2D eigenvalue weighted by Crippen LogP contribution is -2.02. The Morgan fingerprint density at radius 2 is 2.08 bits per heavy atom. The molecule has 0 aliphatic heterocycles. The number of nitrogens with zero attached hydrogens (tertiary/aromatic N) is 3. The fraction of sp³-hybridized carbons (Fsp3) is 0.400. The molecule has 0 aliphatic rings. The third-order valence-corrected chi connectivity index (χ3v) is 2.11. The van der Waals surface area contributed by atoms with E-state index in [2.05, 4.69) is 30.0 Å². The third-order valence-electron chi connectivity index (χ3n) is 2.11. The molecule has 3 heteroatoms. The lowest BCUT2D eigenvalue weighted by atomic mass is 10.3. The molecule has 0 amide bonds. The van der Waals surface area contributed by atoms with E-state index in [9.17, 15) is 0 Å². The summed E-state index contributed by atoms with van der Waals surface area (Å²) in [7, 11) is 0. The SMILES string of the molecule is Cc1cc2c(cn1)cnn2C(C)C. The van der Waals surface area contributed by atoms with Crippen molar-refractivity contribution < 1.29 is 0 Å². The minimum Gasteiger partial charge on any atom is -0.262 e. The predicted octanol–water partition coefficient (Wildman–Crippen LogP) is 2.32. The Bertz CT molecular complexity index is 429. The lowest BCUT2D eigenvalue weighted by Gasteiger charge is -2.06. The Labute approximate surface area is 77.4 Å². The second-order valence-corrected chi connectivity index (χ2v) is 3.57. The number of rotatable bonds is 1. The summed E-state index contributed by atoms with van der Waals surface area (Å²) in [6.07, 6.45) is 3.73. The number of fused-ring (bicyclic) bond motifs is 1. The smallest absolute Gasteiger partial charge is 0.0719 e. The second kappa shape index (κ2) is 2.83. The molecule has 0 N–H and O–H groups in total. The fourth-order valence-electron chi connectivity index (χ4n) is 1.45. The van der Waals surface area contributed by atoms with Gasteiger partial charge in [-0.3, -0.25) is 9.67 Å². The molecule has 0 aliphatic carbocycles. The Kier molecular flexibility index (Phi) is 1.79. The summed E-state index contributed by atoms with van der Waals surface area (Å²) in [5.74, 6) is 0. The zero-order valence-electron chi connectivity index (χ0n) is 8.15. The van der Waals surface area contributed by atoms with Crippen LogP contribution in [-0.4, -0.2) is 14.8 Å². The number of aryl methyl sites for hydroxylation is 1. The molecule has 2 aromatic heterocycles. The van der Waals surface area contributed by atoms with Crippen molar-refractivity contribution in [3.05, 3.63) is 24.2 Å². The molecule has 2 heterocycles. The third kappa shape index (κ3) is 1.30. The van der Waals surface area contributed by atoms with E-state index in [1.807, 2.05) is 24.0 Å². The monoisotopic (exact) mass is 175 g/mol. The van der Waals surface area contributed by atoms with Gasteiger partial charge in [0.25, 0.3) is 0 Å². The quantitative estimate of drug-likeness (QED) is 0.666. The molecule has 0 fully saturated rings. The minimum absolute atomic E-state index is 0.402. The Balaban J connectivity index is 2.71. The zero-order valence-corrected chi connectivity index (χ0v) is 8.15. The van der Waals surface area contributed by atoms with Crippen LogP contribution in [0.3, 0.4) is 0 Å². The molecule has 68 valence electrons. The Hall–Kier alpha value is -1.38. The van der Waals surface area contributed by atoms with Crippen LogP contribution in [0.15, 0.2) is 18.5 Å². The summed E-state index contributed by atoms with van der Waals surface area (Å²) in [6, 6.07) is 2.47. The van der Waals surface area contributed by atoms with E-state index in [1.54, 1.807) is 0 Å². The van der Waals surface area contributed by atoms with Gasteiger partial charge in [0, 0.05) is 23.3 Å². The van der Waals surface area contributed by atoms with Gasteiger partial charge in [0.1, 0.15) is 0 Å². The molecular formula is C10H13N3. The van der Waals surface area contributed by atoms with Crippen molar-refractivity contribution in [2.24, 2.45) is 0 Å². The Morgan fingerprint density at radius 1 is 1.31 bits per heavy atom. The highest BCUT2D eigenvalue weighted by molar-refractivity contribution is 5.77. The summed E-state index contributed by atoms with van der Waals surface area (Å²) < 4.78 is 2.02. The Morgan fingerprint density at radius 3 is 2.77 bits per heavy atom. The van der Waals surface area contributed by atoms with E-state index in [-0.39, 0.29) is 0 Å². The maximum Gasteiger partial charge on any atom is 0.0719 e. The van der Waals surface area contributed by atoms with Gasteiger partial charge in [-0.25, -0.2) is 0 Å². The molecule has 0 atom stereocenters. The normalized spacial score (nSPS) is 11.4. The average Bonchev–Trinajstić information content (AvgIpc) is 2.46. The largest absolute Gasteiger partial charge is 0.262 e. The molecule has 2 aromatic rings. The van der Waals surface area contributed by atoms with Gasteiger partial charge in [-0.15, -0.1) is 0 Å². The predicted molar refractivity (Wildman–Crippen MR) is 52.7 cm³/mol. The van der Waals surface area contributed by atoms with E-state index >= 15 is 0 Å². The first-order chi connectivity index (χ1) is 6.18. The van der Waals surface area contributed by atoms with Gasteiger partial charge in [-0.2, -0.15) is 5.10 Å². The molecule has 2 rings (SSSR count). The van der Waals surface area contributed by atoms with E-state index in [1.165, 1.54) is 5.52 Å². The molecule has 0 spiro atoms. The standard InChI is InChI=1S/C10H13N3/c1-7(2)13-10-4-8(3)11-5-9(10)6-12-13/h4-7H,1-3H3. The van der Waals surface area contributed by atoms with Gasteiger partial charge in [0.15, 0.2) is 0 Å². The summed E-state index contributed by atoms with van der Waals surface area (Å²) in [5.41, 5.74) is 2.21. The van der Waals surface area contributed by atoms with Crippen molar-refractivity contribution in [1.29, 1.82) is 0 Å². The van der Waals surface area contributed by atoms with Crippen LogP contribution in [0.1, 0.15) is 25.6 Å². The number of hydrogen-bond acceptors (Lipinski definition) is 2. The number of pyridine rings is 1. The molecule has 0 radical (unpaired) electrons. The van der Waals surface area contributed by atoms with Crippen LogP contribution >= 0.6 is 0 Å². The van der Waals surface area contributed by atoms with E-state index < -0.39 is 0 Å².